The number of aromatic nitrogens is 3. The third-order valence-electron chi connectivity index (χ3n) is 3.59. The lowest BCUT2D eigenvalue weighted by Gasteiger charge is -2.26. The van der Waals surface area contributed by atoms with Crippen LogP contribution in [0.2, 0.25) is 0 Å². The molecule has 0 spiro atoms. The average molecular weight is 376 g/mol. The Bertz CT molecular complexity index is 822. The summed E-state index contributed by atoms with van der Waals surface area (Å²) in [5.74, 6) is -0.107. The molecular formula is C18H25FN6O2. The third-order valence-corrected chi connectivity index (χ3v) is 3.59. The van der Waals surface area contributed by atoms with Crippen molar-refractivity contribution in [1.82, 2.24) is 20.4 Å². The van der Waals surface area contributed by atoms with Crippen molar-refractivity contribution >= 4 is 23.5 Å². The average Bonchev–Trinajstić information content (AvgIpc) is 2.55. The molecule has 2 rings (SSSR count). The Balaban J connectivity index is 2.29. The summed E-state index contributed by atoms with van der Waals surface area (Å²) in [6, 6.07) is 5.03. The van der Waals surface area contributed by atoms with Crippen LogP contribution >= 0.6 is 0 Å². The van der Waals surface area contributed by atoms with Gasteiger partial charge in [-0.3, -0.25) is 9.63 Å². The number of halogens is 1. The number of anilines is 3. The number of benzene rings is 1. The number of hydrogen-bond donors (Lipinski definition) is 2. The minimum absolute atomic E-state index is 0.00885. The Labute approximate surface area is 158 Å². The maximum absolute atomic E-state index is 13.9. The molecule has 0 aliphatic heterocycles. The molecule has 0 bridgehead atoms. The van der Waals surface area contributed by atoms with Gasteiger partial charge in [-0.15, -0.1) is 0 Å². The highest BCUT2D eigenvalue weighted by molar-refractivity contribution is 5.94. The molecule has 8 nitrogen and oxygen atoms in total. The van der Waals surface area contributed by atoms with Crippen molar-refractivity contribution < 1.29 is 14.0 Å². The highest BCUT2D eigenvalue weighted by atomic mass is 19.1. The van der Waals surface area contributed by atoms with E-state index in [0.29, 0.717) is 17.8 Å². The van der Waals surface area contributed by atoms with E-state index in [4.69, 9.17) is 0 Å². The second-order valence-electron chi connectivity index (χ2n) is 7.43. The van der Waals surface area contributed by atoms with E-state index in [1.807, 2.05) is 6.92 Å². The molecule has 1 aromatic heterocycles. The maximum Gasteiger partial charge on any atom is 0.315 e. The summed E-state index contributed by atoms with van der Waals surface area (Å²) in [7, 11) is 3.15. The number of hydroxylamine groups is 1. The second-order valence-corrected chi connectivity index (χ2v) is 7.43. The standard InChI is InChI=1S/C18H25FN6O2/c1-11-7-8-12(14(26)24-27-6)9-13(11)20-16-21-15(19)22-17(23-16)25(5)10-18(2,3)4/h7-9H,10H2,1-6H3,(H,24,26)(H,20,21,22,23). The van der Waals surface area contributed by atoms with Crippen molar-refractivity contribution in [3.63, 3.8) is 0 Å². The number of amides is 1. The van der Waals surface area contributed by atoms with Crippen LogP contribution in [-0.2, 0) is 4.84 Å². The molecule has 0 radical (unpaired) electrons. The smallest absolute Gasteiger partial charge is 0.315 e. The molecule has 0 aliphatic rings. The maximum atomic E-state index is 13.9. The molecular weight excluding hydrogens is 351 g/mol. The zero-order valence-electron chi connectivity index (χ0n) is 16.4. The van der Waals surface area contributed by atoms with E-state index in [9.17, 15) is 9.18 Å². The van der Waals surface area contributed by atoms with Gasteiger partial charge in [0.2, 0.25) is 11.9 Å². The lowest BCUT2D eigenvalue weighted by Crippen LogP contribution is -2.31. The van der Waals surface area contributed by atoms with Crippen LogP contribution in [-0.4, -0.2) is 41.6 Å². The Morgan fingerprint density at radius 2 is 1.96 bits per heavy atom. The van der Waals surface area contributed by atoms with Crippen LogP contribution in [0.25, 0.3) is 0 Å². The Morgan fingerprint density at radius 1 is 1.26 bits per heavy atom. The molecule has 0 atom stereocenters. The molecule has 1 aromatic carbocycles. The fraction of sp³-hybridized carbons (Fsp3) is 0.444. The van der Waals surface area contributed by atoms with E-state index in [2.05, 4.69) is 51.4 Å². The van der Waals surface area contributed by atoms with Gasteiger partial charge in [0.05, 0.1) is 7.11 Å². The molecule has 27 heavy (non-hydrogen) atoms. The zero-order chi connectivity index (χ0) is 20.2. The topological polar surface area (TPSA) is 92.3 Å². The molecule has 2 aromatic rings. The first-order valence-electron chi connectivity index (χ1n) is 8.43. The molecule has 146 valence electrons. The van der Waals surface area contributed by atoms with Crippen molar-refractivity contribution in [2.75, 3.05) is 30.9 Å². The second kappa shape index (κ2) is 8.26. The summed E-state index contributed by atoms with van der Waals surface area (Å²) in [6.45, 7) is 8.70. The highest BCUT2D eigenvalue weighted by Gasteiger charge is 2.18. The van der Waals surface area contributed by atoms with E-state index in [1.165, 1.54) is 7.11 Å². The number of carbonyl (C=O) groups is 1. The van der Waals surface area contributed by atoms with Gasteiger partial charge in [0.15, 0.2) is 0 Å². The lowest BCUT2D eigenvalue weighted by atomic mass is 9.96. The van der Waals surface area contributed by atoms with Crippen molar-refractivity contribution in [3.05, 3.63) is 35.4 Å². The number of aryl methyl sites for hydroxylation is 1. The summed E-state index contributed by atoms with van der Waals surface area (Å²) < 4.78 is 13.9. The predicted molar refractivity (Wildman–Crippen MR) is 101 cm³/mol. The summed E-state index contributed by atoms with van der Waals surface area (Å²) in [4.78, 5) is 30.1. The summed E-state index contributed by atoms with van der Waals surface area (Å²) in [5.41, 5.74) is 4.04. The van der Waals surface area contributed by atoms with Gasteiger partial charge in [-0.2, -0.15) is 19.3 Å². The number of nitrogens with one attached hydrogen (secondary N) is 2. The van der Waals surface area contributed by atoms with Crippen LogP contribution in [0.1, 0.15) is 36.7 Å². The van der Waals surface area contributed by atoms with Gasteiger partial charge >= 0.3 is 6.08 Å². The Kier molecular flexibility index (Phi) is 6.27. The van der Waals surface area contributed by atoms with Crippen LogP contribution in [0, 0.1) is 18.4 Å². The highest BCUT2D eigenvalue weighted by Crippen LogP contribution is 2.22. The SMILES string of the molecule is CONC(=O)c1ccc(C)c(Nc2nc(F)nc(N(C)CC(C)(C)C)n2)c1. The fourth-order valence-electron chi connectivity index (χ4n) is 2.52. The van der Waals surface area contributed by atoms with Crippen molar-refractivity contribution in [1.29, 1.82) is 0 Å². The van der Waals surface area contributed by atoms with Crippen LogP contribution in [0.3, 0.4) is 0 Å². The van der Waals surface area contributed by atoms with Gasteiger partial charge in [-0.25, -0.2) is 5.48 Å². The number of nitrogens with zero attached hydrogens (tertiary/aromatic N) is 4. The molecule has 0 saturated carbocycles. The summed E-state index contributed by atoms with van der Waals surface area (Å²) in [6.07, 6.45) is -0.880. The molecule has 0 unspecified atom stereocenters. The molecule has 1 amide bonds. The number of rotatable bonds is 6. The normalized spacial score (nSPS) is 11.2. The number of carbonyl (C=O) groups excluding carboxylic acids is 1. The van der Waals surface area contributed by atoms with E-state index < -0.39 is 12.0 Å². The number of hydrogen-bond acceptors (Lipinski definition) is 7. The van der Waals surface area contributed by atoms with Crippen LogP contribution in [0.4, 0.5) is 22.0 Å². The fourth-order valence-corrected chi connectivity index (χ4v) is 2.52. The van der Waals surface area contributed by atoms with Gasteiger partial charge in [0.1, 0.15) is 0 Å². The minimum atomic E-state index is -0.880. The first-order chi connectivity index (χ1) is 12.6. The minimum Gasteiger partial charge on any atom is -0.343 e. The molecule has 0 saturated heterocycles. The third kappa shape index (κ3) is 5.85. The van der Waals surface area contributed by atoms with E-state index >= 15 is 0 Å². The van der Waals surface area contributed by atoms with Gasteiger partial charge in [-0.1, -0.05) is 26.8 Å². The first kappa shape index (κ1) is 20.5. The predicted octanol–water partition coefficient (Wildman–Crippen LogP) is 2.84. The van der Waals surface area contributed by atoms with Crippen LogP contribution < -0.4 is 15.7 Å². The van der Waals surface area contributed by atoms with Gasteiger partial charge in [-0.05, 0) is 30.0 Å². The Morgan fingerprint density at radius 3 is 2.59 bits per heavy atom. The quantitative estimate of drug-likeness (QED) is 0.749. The molecule has 9 heteroatoms. The van der Waals surface area contributed by atoms with Gasteiger partial charge in [0.25, 0.3) is 5.91 Å². The molecule has 1 heterocycles. The molecule has 0 aliphatic carbocycles. The monoisotopic (exact) mass is 376 g/mol. The van der Waals surface area contributed by atoms with Crippen molar-refractivity contribution in [2.45, 2.75) is 27.7 Å². The van der Waals surface area contributed by atoms with E-state index in [-0.39, 0.29) is 17.3 Å². The van der Waals surface area contributed by atoms with Gasteiger partial charge in [0, 0.05) is 24.8 Å². The lowest BCUT2D eigenvalue weighted by molar-refractivity contribution is 0.0537. The van der Waals surface area contributed by atoms with Crippen molar-refractivity contribution in [2.24, 2.45) is 5.41 Å². The van der Waals surface area contributed by atoms with E-state index in [1.54, 1.807) is 30.1 Å². The van der Waals surface area contributed by atoms with E-state index in [0.717, 1.165) is 5.56 Å². The summed E-state index contributed by atoms with van der Waals surface area (Å²) in [5, 5.41) is 2.96. The van der Waals surface area contributed by atoms with Crippen LogP contribution in [0.15, 0.2) is 18.2 Å². The van der Waals surface area contributed by atoms with Crippen LogP contribution in [0.5, 0.6) is 0 Å². The molecule has 2 N–H and O–H groups in total. The Hall–Kier alpha value is -2.81. The molecule has 0 fully saturated rings. The zero-order valence-corrected chi connectivity index (χ0v) is 16.4. The summed E-state index contributed by atoms with van der Waals surface area (Å²) >= 11 is 0. The van der Waals surface area contributed by atoms with Gasteiger partial charge < -0.3 is 10.2 Å². The first-order valence-corrected chi connectivity index (χ1v) is 8.43. The van der Waals surface area contributed by atoms with Crippen molar-refractivity contribution in [3.8, 4) is 0 Å². The largest absolute Gasteiger partial charge is 0.343 e.